The largest absolute Gasteiger partial charge is 0.491 e. The molecule has 20 heavy (non-hydrogen) atoms. The molecule has 2 nitrogen and oxygen atoms in total. The Morgan fingerprint density at radius 3 is 2.35 bits per heavy atom. The van der Waals surface area contributed by atoms with Gasteiger partial charge in [0.05, 0.1) is 6.10 Å². The fourth-order valence-electron chi connectivity index (χ4n) is 2.30. The van der Waals surface area contributed by atoms with E-state index in [0.717, 1.165) is 12.2 Å². The van der Waals surface area contributed by atoms with Crippen LogP contribution in [0.2, 0.25) is 18.1 Å². The predicted molar refractivity (Wildman–Crippen MR) is 87.2 cm³/mol. The summed E-state index contributed by atoms with van der Waals surface area (Å²) in [7, 11) is -1.72. The van der Waals surface area contributed by atoms with E-state index in [1.807, 2.05) is 0 Å². The van der Waals surface area contributed by atoms with Gasteiger partial charge in [0, 0.05) is 6.42 Å². The van der Waals surface area contributed by atoms with Gasteiger partial charge in [0.25, 0.3) is 0 Å². The van der Waals surface area contributed by atoms with Gasteiger partial charge in [0.15, 0.2) is 8.32 Å². The Kier molecular flexibility index (Phi) is 4.04. The molecule has 1 aliphatic rings. The molecule has 0 unspecified atom stereocenters. The highest BCUT2D eigenvalue weighted by molar-refractivity contribution is 6.74. The summed E-state index contributed by atoms with van der Waals surface area (Å²) < 4.78 is 12.4. The van der Waals surface area contributed by atoms with Gasteiger partial charge in [-0.3, -0.25) is 0 Å². The van der Waals surface area contributed by atoms with Crippen molar-refractivity contribution in [1.29, 1.82) is 0 Å². The third-order valence-electron chi connectivity index (χ3n) is 4.82. The Bertz CT molecular complexity index is 500. The number of hydrogen-bond donors (Lipinski definition) is 0. The van der Waals surface area contributed by atoms with Gasteiger partial charge in [0.2, 0.25) is 0 Å². The first kappa shape index (κ1) is 15.6. The second-order valence-electron chi connectivity index (χ2n) is 7.56. The minimum absolute atomic E-state index is 0.200. The van der Waals surface area contributed by atoms with Crippen LogP contribution in [0, 0.1) is 13.8 Å². The van der Waals surface area contributed by atoms with Crippen molar-refractivity contribution < 1.29 is 9.16 Å². The maximum Gasteiger partial charge on any atom is 0.192 e. The van der Waals surface area contributed by atoms with Crippen molar-refractivity contribution in [3.05, 3.63) is 28.8 Å². The number of rotatable bonds is 2. The standard InChI is InChI=1S/C17H28O2Si/c1-12-8-14-10-15(11-18-16(14)9-13(12)2)19-20(6,7)17(3,4)5/h8-9,15H,10-11H2,1-7H3/t15-/m1/s1. The summed E-state index contributed by atoms with van der Waals surface area (Å²) in [5.41, 5.74) is 3.93. The fraction of sp³-hybridized carbons (Fsp3) is 0.647. The number of benzene rings is 1. The lowest BCUT2D eigenvalue weighted by Crippen LogP contribution is -2.46. The molecule has 0 saturated heterocycles. The molecule has 3 heteroatoms. The summed E-state index contributed by atoms with van der Waals surface area (Å²) >= 11 is 0. The average molecular weight is 292 g/mol. The van der Waals surface area contributed by atoms with E-state index in [4.69, 9.17) is 9.16 Å². The Morgan fingerprint density at radius 2 is 1.75 bits per heavy atom. The van der Waals surface area contributed by atoms with E-state index in [1.165, 1.54) is 16.7 Å². The van der Waals surface area contributed by atoms with Gasteiger partial charge in [-0.2, -0.15) is 0 Å². The number of fused-ring (bicyclic) bond motifs is 1. The van der Waals surface area contributed by atoms with Crippen LogP contribution in [-0.2, 0) is 10.8 Å². The normalized spacial score (nSPS) is 19.4. The molecular weight excluding hydrogens is 264 g/mol. The summed E-state index contributed by atoms with van der Waals surface area (Å²) in [6, 6.07) is 4.42. The molecule has 0 amide bonds. The van der Waals surface area contributed by atoms with Crippen molar-refractivity contribution in [2.45, 2.75) is 65.3 Å². The van der Waals surface area contributed by atoms with Crippen molar-refractivity contribution in [3.8, 4) is 5.75 Å². The highest BCUT2D eigenvalue weighted by Gasteiger charge is 2.40. The van der Waals surface area contributed by atoms with Crippen LogP contribution in [0.15, 0.2) is 12.1 Å². The highest BCUT2D eigenvalue weighted by atomic mass is 28.4. The molecule has 1 aliphatic heterocycles. The molecule has 1 aromatic rings. The Morgan fingerprint density at radius 1 is 1.15 bits per heavy atom. The molecule has 0 fully saturated rings. The average Bonchev–Trinajstić information content (AvgIpc) is 2.29. The molecule has 2 rings (SSSR count). The SMILES string of the molecule is Cc1cc2c(cc1C)OC[C@H](O[Si](C)(C)C(C)(C)C)C2. The minimum atomic E-state index is -1.72. The van der Waals surface area contributed by atoms with Crippen LogP contribution >= 0.6 is 0 Å². The highest BCUT2D eigenvalue weighted by Crippen LogP contribution is 2.39. The van der Waals surface area contributed by atoms with Crippen molar-refractivity contribution in [2.75, 3.05) is 6.61 Å². The molecule has 0 radical (unpaired) electrons. The third-order valence-corrected chi connectivity index (χ3v) is 9.35. The first-order chi connectivity index (χ1) is 9.10. The van der Waals surface area contributed by atoms with Gasteiger partial charge >= 0.3 is 0 Å². The second-order valence-corrected chi connectivity index (χ2v) is 12.3. The Hall–Kier alpha value is -0.803. The van der Waals surface area contributed by atoms with Gasteiger partial charge in [-0.1, -0.05) is 26.8 Å². The zero-order chi connectivity index (χ0) is 15.1. The maximum absolute atomic E-state index is 6.48. The van der Waals surface area contributed by atoms with Crippen molar-refractivity contribution >= 4 is 8.32 Å². The molecule has 1 atom stereocenters. The molecule has 112 valence electrons. The van der Waals surface area contributed by atoms with Crippen LogP contribution in [0.1, 0.15) is 37.5 Å². The molecule has 1 aromatic carbocycles. The first-order valence-corrected chi connectivity index (χ1v) is 10.4. The number of hydrogen-bond acceptors (Lipinski definition) is 2. The summed E-state index contributed by atoms with van der Waals surface area (Å²) in [5.74, 6) is 1.04. The Balaban J connectivity index is 2.14. The molecule has 0 aromatic heterocycles. The number of ether oxygens (including phenoxy) is 1. The van der Waals surface area contributed by atoms with Crippen LogP contribution in [0.5, 0.6) is 5.75 Å². The van der Waals surface area contributed by atoms with Gasteiger partial charge in [-0.05, 0) is 54.7 Å². The van der Waals surface area contributed by atoms with Crippen molar-refractivity contribution in [1.82, 2.24) is 0 Å². The fourth-order valence-corrected chi connectivity index (χ4v) is 3.64. The quantitative estimate of drug-likeness (QED) is 0.740. The molecule has 0 N–H and O–H groups in total. The summed E-state index contributed by atoms with van der Waals surface area (Å²) in [6.45, 7) is 16.4. The summed E-state index contributed by atoms with van der Waals surface area (Å²) in [4.78, 5) is 0. The summed E-state index contributed by atoms with van der Waals surface area (Å²) in [6.07, 6.45) is 1.17. The van der Waals surface area contributed by atoms with Crippen LogP contribution in [-0.4, -0.2) is 21.0 Å². The van der Waals surface area contributed by atoms with Gasteiger partial charge < -0.3 is 9.16 Å². The van der Waals surface area contributed by atoms with Gasteiger partial charge in [-0.15, -0.1) is 0 Å². The minimum Gasteiger partial charge on any atom is -0.491 e. The molecule has 0 bridgehead atoms. The van der Waals surface area contributed by atoms with Crippen LogP contribution in [0.25, 0.3) is 0 Å². The lowest BCUT2D eigenvalue weighted by molar-refractivity contribution is 0.0996. The van der Waals surface area contributed by atoms with E-state index >= 15 is 0 Å². The smallest absolute Gasteiger partial charge is 0.192 e. The van der Waals surface area contributed by atoms with Gasteiger partial charge in [-0.25, -0.2) is 0 Å². The summed E-state index contributed by atoms with van der Waals surface area (Å²) in [5, 5.41) is 0.246. The van der Waals surface area contributed by atoms with Crippen LogP contribution in [0.4, 0.5) is 0 Å². The van der Waals surface area contributed by atoms with Crippen LogP contribution in [0.3, 0.4) is 0 Å². The third kappa shape index (κ3) is 3.09. The van der Waals surface area contributed by atoms with E-state index in [2.05, 4.69) is 59.8 Å². The van der Waals surface area contributed by atoms with Crippen molar-refractivity contribution in [2.24, 2.45) is 0 Å². The predicted octanol–water partition coefficient (Wildman–Crippen LogP) is 4.63. The lowest BCUT2D eigenvalue weighted by Gasteiger charge is -2.40. The molecule has 0 spiro atoms. The van der Waals surface area contributed by atoms with E-state index in [0.29, 0.717) is 6.61 Å². The Labute approximate surface area is 124 Å². The first-order valence-electron chi connectivity index (χ1n) is 7.51. The monoisotopic (exact) mass is 292 g/mol. The topological polar surface area (TPSA) is 18.5 Å². The molecule has 1 heterocycles. The lowest BCUT2D eigenvalue weighted by atomic mass is 9.99. The van der Waals surface area contributed by atoms with Crippen molar-refractivity contribution in [3.63, 3.8) is 0 Å². The van der Waals surface area contributed by atoms with E-state index in [1.54, 1.807) is 0 Å². The molecular formula is C17H28O2Si. The van der Waals surface area contributed by atoms with E-state index < -0.39 is 8.32 Å². The molecule has 0 aliphatic carbocycles. The van der Waals surface area contributed by atoms with E-state index in [9.17, 15) is 0 Å². The zero-order valence-corrected chi connectivity index (χ0v) is 15.0. The molecule has 0 saturated carbocycles. The van der Waals surface area contributed by atoms with E-state index in [-0.39, 0.29) is 11.1 Å². The second kappa shape index (κ2) is 5.19. The van der Waals surface area contributed by atoms with Crippen LogP contribution < -0.4 is 4.74 Å². The zero-order valence-electron chi connectivity index (χ0n) is 14.0. The number of aryl methyl sites for hydroxylation is 2. The van der Waals surface area contributed by atoms with Gasteiger partial charge in [0.1, 0.15) is 12.4 Å². The maximum atomic E-state index is 6.48.